The van der Waals surface area contributed by atoms with Crippen molar-refractivity contribution in [3.63, 3.8) is 0 Å². The molecule has 4 heteroatoms. The van der Waals surface area contributed by atoms with Gasteiger partial charge in [0.05, 0.1) is 12.1 Å². The van der Waals surface area contributed by atoms with Crippen molar-refractivity contribution >= 4 is 12.2 Å². The van der Waals surface area contributed by atoms with Crippen LogP contribution in [0.5, 0.6) is 5.75 Å². The van der Waals surface area contributed by atoms with Crippen molar-refractivity contribution in [3.8, 4) is 5.75 Å². The first kappa shape index (κ1) is 11.2. The maximum absolute atomic E-state index is 12.4. The van der Waals surface area contributed by atoms with Gasteiger partial charge in [-0.3, -0.25) is 14.5 Å². The Bertz CT molecular complexity index is 738. The van der Waals surface area contributed by atoms with Crippen LogP contribution in [-0.4, -0.2) is 17.1 Å². The monoisotopic (exact) mass is 265 g/mol. The van der Waals surface area contributed by atoms with Crippen LogP contribution in [-0.2, 0) is 6.54 Å². The normalized spacial score (nSPS) is 18.9. The van der Waals surface area contributed by atoms with Gasteiger partial charge in [0, 0.05) is 16.7 Å². The third-order valence-electron chi connectivity index (χ3n) is 3.83. The van der Waals surface area contributed by atoms with Crippen LogP contribution >= 0.6 is 0 Å². The average molecular weight is 265 g/mol. The van der Waals surface area contributed by atoms with E-state index < -0.39 is 6.23 Å². The molecule has 0 saturated carbocycles. The summed E-state index contributed by atoms with van der Waals surface area (Å²) < 4.78 is 5.95. The van der Waals surface area contributed by atoms with Crippen LogP contribution in [0.2, 0.25) is 0 Å². The van der Waals surface area contributed by atoms with Gasteiger partial charge in [0.15, 0.2) is 6.29 Å². The maximum atomic E-state index is 12.4. The Morgan fingerprint density at radius 2 is 2.00 bits per heavy atom. The molecule has 2 aliphatic heterocycles. The van der Waals surface area contributed by atoms with Crippen molar-refractivity contribution in [1.82, 2.24) is 4.90 Å². The van der Waals surface area contributed by atoms with Crippen LogP contribution in [0, 0.1) is 0 Å². The standard InChI is InChI=1S/C16H11NO3/c18-9-11-5-3-4-10-8-17-15(19)12-6-1-2-7-13(12)16(17)20-14(10)11/h1-7,9,16H,8H2. The molecule has 0 spiro atoms. The first-order valence-electron chi connectivity index (χ1n) is 6.43. The molecule has 4 rings (SSSR count). The van der Waals surface area contributed by atoms with E-state index in [0.717, 1.165) is 17.4 Å². The van der Waals surface area contributed by atoms with E-state index in [2.05, 4.69) is 0 Å². The van der Waals surface area contributed by atoms with Crippen molar-refractivity contribution in [2.24, 2.45) is 0 Å². The highest BCUT2D eigenvalue weighted by molar-refractivity contribution is 5.99. The van der Waals surface area contributed by atoms with Crippen molar-refractivity contribution in [1.29, 1.82) is 0 Å². The summed E-state index contributed by atoms with van der Waals surface area (Å²) in [5.74, 6) is 0.570. The van der Waals surface area contributed by atoms with Crippen molar-refractivity contribution < 1.29 is 14.3 Å². The van der Waals surface area contributed by atoms with Crippen LogP contribution in [0.25, 0.3) is 0 Å². The number of carbonyl (C=O) groups is 2. The predicted octanol–water partition coefficient (Wildman–Crippen LogP) is 2.55. The van der Waals surface area contributed by atoms with E-state index in [0.29, 0.717) is 23.4 Å². The summed E-state index contributed by atoms with van der Waals surface area (Å²) >= 11 is 0. The fraction of sp³-hybridized carbons (Fsp3) is 0.125. The number of hydrogen-bond acceptors (Lipinski definition) is 3. The summed E-state index contributed by atoms with van der Waals surface area (Å²) in [6.45, 7) is 0.467. The van der Waals surface area contributed by atoms with Crippen molar-refractivity contribution in [3.05, 3.63) is 64.7 Å². The number of fused-ring (bicyclic) bond motifs is 4. The zero-order chi connectivity index (χ0) is 13.7. The van der Waals surface area contributed by atoms with Gasteiger partial charge in [0.1, 0.15) is 5.75 Å². The number of rotatable bonds is 1. The number of nitrogens with zero attached hydrogens (tertiary/aromatic N) is 1. The Hall–Kier alpha value is -2.62. The Morgan fingerprint density at radius 1 is 1.15 bits per heavy atom. The number of ether oxygens (including phenoxy) is 1. The van der Waals surface area contributed by atoms with Crippen LogP contribution in [0.15, 0.2) is 42.5 Å². The summed E-state index contributed by atoms with van der Waals surface area (Å²) in [6.07, 6.45) is 0.365. The maximum Gasteiger partial charge on any atom is 0.257 e. The van der Waals surface area contributed by atoms with Gasteiger partial charge in [-0.1, -0.05) is 30.3 Å². The Morgan fingerprint density at radius 3 is 2.85 bits per heavy atom. The summed E-state index contributed by atoms with van der Waals surface area (Å²) in [6, 6.07) is 12.9. The summed E-state index contributed by atoms with van der Waals surface area (Å²) in [5, 5.41) is 0. The van der Waals surface area contributed by atoms with Gasteiger partial charge in [-0.15, -0.1) is 0 Å². The van der Waals surface area contributed by atoms with Gasteiger partial charge < -0.3 is 4.74 Å². The number of amides is 1. The Labute approximate surface area is 115 Å². The molecule has 4 nitrogen and oxygen atoms in total. The molecule has 1 amide bonds. The van der Waals surface area contributed by atoms with Crippen molar-refractivity contribution in [2.45, 2.75) is 12.8 Å². The lowest BCUT2D eigenvalue weighted by molar-refractivity contribution is 0.0143. The molecule has 0 aromatic heterocycles. The lowest BCUT2D eigenvalue weighted by atomic mass is 10.1. The highest BCUT2D eigenvalue weighted by atomic mass is 16.5. The minimum absolute atomic E-state index is 0.0206. The van der Waals surface area contributed by atoms with E-state index in [9.17, 15) is 9.59 Å². The van der Waals surface area contributed by atoms with Gasteiger partial charge in [-0.25, -0.2) is 0 Å². The van der Waals surface area contributed by atoms with Gasteiger partial charge in [0.25, 0.3) is 5.91 Å². The molecule has 2 aliphatic rings. The average Bonchev–Trinajstić information content (AvgIpc) is 2.78. The predicted molar refractivity (Wildman–Crippen MR) is 71.5 cm³/mol. The lowest BCUT2D eigenvalue weighted by Gasteiger charge is -2.32. The number of hydrogen-bond donors (Lipinski definition) is 0. The quantitative estimate of drug-likeness (QED) is 0.744. The molecular weight excluding hydrogens is 254 g/mol. The molecule has 0 radical (unpaired) electrons. The number of para-hydroxylation sites is 1. The second-order valence-electron chi connectivity index (χ2n) is 4.94. The molecule has 0 N–H and O–H groups in total. The molecule has 0 bridgehead atoms. The molecule has 98 valence electrons. The smallest absolute Gasteiger partial charge is 0.257 e. The van der Waals surface area contributed by atoms with Gasteiger partial charge in [-0.05, 0) is 12.1 Å². The zero-order valence-electron chi connectivity index (χ0n) is 10.6. The van der Waals surface area contributed by atoms with E-state index in [1.165, 1.54) is 0 Å². The van der Waals surface area contributed by atoms with Crippen LogP contribution in [0.4, 0.5) is 0 Å². The molecule has 2 aromatic carbocycles. The fourth-order valence-corrected chi connectivity index (χ4v) is 2.88. The highest BCUT2D eigenvalue weighted by Gasteiger charge is 2.41. The summed E-state index contributed by atoms with van der Waals surface area (Å²) in [5.41, 5.74) is 2.94. The van der Waals surface area contributed by atoms with E-state index in [1.807, 2.05) is 30.3 Å². The van der Waals surface area contributed by atoms with E-state index in [-0.39, 0.29) is 5.91 Å². The minimum Gasteiger partial charge on any atom is -0.465 e. The molecule has 2 heterocycles. The number of benzene rings is 2. The summed E-state index contributed by atoms with van der Waals surface area (Å²) in [4.78, 5) is 25.2. The Kier molecular flexibility index (Phi) is 2.21. The van der Waals surface area contributed by atoms with Gasteiger partial charge in [-0.2, -0.15) is 0 Å². The molecule has 0 aliphatic carbocycles. The first-order chi connectivity index (χ1) is 9.79. The van der Waals surface area contributed by atoms with E-state index in [4.69, 9.17) is 4.74 Å². The third kappa shape index (κ3) is 1.36. The van der Waals surface area contributed by atoms with Crippen LogP contribution in [0.1, 0.15) is 38.1 Å². The second-order valence-corrected chi connectivity index (χ2v) is 4.94. The third-order valence-corrected chi connectivity index (χ3v) is 3.83. The SMILES string of the molecule is O=Cc1cccc2c1OC1c3ccccc3C(=O)N1C2. The van der Waals surface area contributed by atoms with E-state index >= 15 is 0 Å². The largest absolute Gasteiger partial charge is 0.465 e. The second kappa shape index (κ2) is 3.93. The highest BCUT2D eigenvalue weighted by Crippen LogP contribution is 2.42. The zero-order valence-corrected chi connectivity index (χ0v) is 10.6. The first-order valence-corrected chi connectivity index (χ1v) is 6.43. The topological polar surface area (TPSA) is 46.6 Å². The summed E-state index contributed by atoms with van der Waals surface area (Å²) in [7, 11) is 0. The van der Waals surface area contributed by atoms with Gasteiger partial charge >= 0.3 is 0 Å². The molecular formula is C16H11NO3. The van der Waals surface area contributed by atoms with Gasteiger partial charge in [0.2, 0.25) is 6.23 Å². The van der Waals surface area contributed by atoms with Crippen LogP contribution in [0.3, 0.4) is 0 Å². The molecule has 2 aromatic rings. The Balaban J connectivity index is 1.86. The molecule has 0 fully saturated rings. The van der Waals surface area contributed by atoms with E-state index in [1.54, 1.807) is 17.0 Å². The number of aldehydes is 1. The number of carbonyl (C=O) groups excluding carboxylic acids is 2. The minimum atomic E-state index is -0.424. The molecule has 20 heavy (non-hydrogen) atoms. The molecule has 1 unspecified atom stereocenters. The van der Waals surface area contributed by atoms with Crippen molar-refractivity contribution in [2.75, 3.05) is 0 Å². The fourth-order valence-electron chi connectivity index (χ4n) is 2.88. The van der Waals surface area contributed by atoms with Crippen LogP contribution < -0.4 is 4.74 Å². The molecule has 0 saturated heterocycles. The lowest BCUT2D eigenvalue weighted by Crippen LogP contribution is -2.34. The molecule has 1 atom stereocenters.